The molecule has 0 bridgehead atoms. The van der Waals surface area contributed by atoms with Gasteiger partial charge in [-0.2, -0.15) is 0 Å². The summed E-state index contributed by atoms with van der Waals surface area (Å²) in [7, 11) is 4.00. The second kappa shape index (κ2) is 8.50. The average Bonchev–Trinajstić information content (AvgIpc) is 2.41. The van der Waals surface area contributed by atoms with Gasteiger partial charge in [-0.25, -0.2) is 0 Å². The topological polar surface area (TPSA) is 67.6 Å². The van der Waals surface area contributed by atoms with E-state index in [0.717, 1.165) is 18.5 Å². The van der Waals surface area contributed by atoms with Gasteiger partial charge in [-0.05, 0) is 51.3 Å². The highest BCUT2D eigenvalue weighted by Crippen LogP contribution is 2.11. The van der Waals surface area contributed by atoms with Crippen molar-refractivity contribution < 1.29 is 9.53 Å². The molecule has 6 heteroatoms. The number of carbonyl (C=O) groups is 1. The van der Waals surface area contributed by atoms with Gasteiger partial charge < -0.3 is 20.7 Å². The van der Waals surface area contributed by atoms with Crippen molar-refractivity contribution in [1.29, 1.82) is 0 Å². The molecule has 1 aromatic rings. The minimum absolute atomic E-state index is 0.00832. The maximum atomic E-state index is 11.5. The molecule has 1 aromatic carbocycles. The third-order valence-corrected chi connectivity index (χ3v) is 2.85. The van der Waals surface area contributed by atoms with Crippen LogP contribution in [0.15, 0.2) is 24.3 Å². The number of benzene rings is 1. The number of hydrogen-bond donors (Lipinski definition) is 2. The molecule has 5 nitrogen and oxygen atoms in total. The van der Waals surface area contributed by atoms with Crippen molar-refractivity contribution in [3.63, 3.8) is 0 Å². The first kappa shape index (κ1) is 16.4. The summed E-state index contributed by atoms with van der Waals surface area (Å²) in [5.41, 5.74) is 6.28. The summed E-state index contributed by atoms with van der Waals surface area (Å²) in [5.74, 6) is 0.496. The summed E-state index contributed by atoms with van der Waals surface area (Å²) in [4.78, 5) is 14.0. The zero-order valence-corrected chi connectivity index (χ0v) is 12.7. The summed E-state index contributed by atoms with van der Waals surface area (Å²) in [6, 6.07) is 7.03. The normalized spacial score (nSPS) is 10.3. The fourth-order valence-electron chi connectivity index (χ4n) is 1.54. The molecule has 0 aliphatic rings. The summed E-state index contributed by atoms with van der Waals surface area (Å²) < 4.78 is 5.37. The maximum absolute atomic E-state index is 11.5. The van der Waals surface area contributed by atoms with Crippen LogP contribution in [-0.2, 0) is 4.79 Å². The highest BCUT2D eigenvalue weighted by Gasteiger charge is 2.03. The largest absolute Gasteiger partial charge is 0.484 e. The van der Waals surface area contributed by atoms with E-state index in [1.54, 1.807) is 24.3 Å². The monoisotopic (exact) mass is 295 g/mol. The number of carbonyl (C=O) groups excluding carboxylic acids is 1. The van der Waals surface area contributed by atoms with E-state index in [-0.39, 0.29) is 12.5 Å². The summed E-state index contributed by atoms with van der Waals surface area (Å²) in [5, 5.41) is 2.81. The van der Waals surface area contributed by atoms with E-state index < -0.39 is 0 Å². The van der Waals surface area contributed by atoms with Crippen LogP contribution in [0.2, 0.25) is 0 Å². The molecule has 1 rings (SSSR count). The fourth-order valence-corrected chi connectivity index (χ4v) is 1.67. The van der Waals surface area contributed by atoms with E-state index in [1.807, 2.05) is 14.1 Å². The van der Waals surface area contributed by atoms with Gasteiger partial charge in [0.15, 0.2) is 6.61 Å². The first-order valence-corrected chi connectivity index (χ1v) is 6.84. The van der Waals surface area contributed by atoms with Crippen molar-refractivity contribution in [2.45, 2.75) is 6.42 Å². The Hall–Kier alpha value is -1.66. The van der Waals surface area contributed by atoms with E-state index >= 15 is 0 Å². The van der Waals surface area contributed by atoms with Crippen LogP contribution in [0.4, 0.5) is 0 Å². The van der Waals surface area contributed by atoms with E-state index in [2.05, 4.69) is 10.2 Å². The van der Waals surface area contributed by atoms with Crippen LogP contribution in [0.25, 0.3) is 0 Å². The quantitative estimate of drug-likeness (QED) is 0.548. The lowest BCUT2D eigenvalue weighted by Crippen LogP contribution is -2.31. The number of rotatable bonds is 8. The van der Waals surface area contributed by atoms with Gasteiger partial charge in [-0.3, -0.25) is 4.79 Å². The van der Waals surface area contributed by atoms with Crippen LogP contribution >= 0.6 is 12.2 Å². The lowest BCUT2D eigenvalue weighted by molar-refractivity contribution is -0.123. The smallest absolute Gasteiger partial charge is 0.257 e. The maximum Gasteiger partial charge on any atom is 0.257 e. The molecule has 0 aliphatic carbocycles. The third-order valence-electron chi connectivity index (χ3n) is 2.61. The van der Waals surface area contributed by atoms with Crippen molar-refractivity contribution >= 4 is 23.1 Å². The number of thiocarbonyl (C=S) groups is 1. The molecule has 0 radical (unpaired) electrons. The second-order valence-electron chi connectivity index (χ2n) is 4.68. The minimum atomic E-state index is -0.123. The van der Waals surface area contributed by atoms with Gasteiger partial charge >= 0.3 is 0 Å². The number of amides is 1. The highest BCUT2D eigenvalue weighted by molar-refractivity contribution is 7.80. The molecule has 0 heterocycles. The average molecular weight is 295 g/mol. The van der Waals surface area contributed by atoms with Crippen molar-refractivity contribution in [2.24, 2.45) is 5.73 Å². The molecular formula is C14H21N3O2S. The molecule has 110 valence electrons. The molecule has 1 amide bonds. The number of hydrogen-bond acceptors (Lipinski definition) is 4. The first-order chi connectivity index (χ1) is 9.49. The molecule has 0 spiro atoms. The molecule has 0 aliphatic heterocycles. The standard InChI is InChI=1S/C14H21N3O2S/c1-17(2)9-3-8-16-13(18)10-19-12-6-4-11(5-7-12)14(15)20/h4-7H,3,8-10H2,1-2H3,(H2,15,20)(H,16,18). The van der Waals surface area contributed by atoms with Gasteiger partial charge in [0.1, 0.15) is 10.7 Å². The molecule has 0 saturated carbocycles. The van der Waals surface area contributed by atoms with Crippen LogP contribution in [0.3, 0.4) is 0 Å². The Morgan fingerprint density at radius 1 is 1.35 bits per heavy atom. The van der Waals surface area contributed by atoms with Crippen molar-refractivity contribution in [1.82, 2.24) is 10.2 Å². The zero-order valence-electron chi connectivity index (χ0n) is 11.9. The van der Waals surface area contributed by atoms with E-state index in [0.29, 0.717) is 17.3 Å². The molecule has 0 saturated heterocycles. The molecule has 0 fully saturated rings. The number of nitrogens with zero attached hydrogens (tertiary/aromatic N) is 1. The van der Waals surface area contributed by atoms with Gasteiger partial charge in [0.25, 0.3) is 5.91 Å². The number of nitrogens with two attached hydrogens (primary N) is 1. The zero-order chi connectivity index (χ0) is 15.0. The Labute approximate surface area is 125 Å². The molecule has 20 heavy (non-hydrogen) atoms. The fraction of sp³-hybridized carbons (Fsp3) is 0.429. The Balaban J connectivity index is 2.25. The van der Waals surface area contributed by atoms with Gasteiger partial charge in [0, 0.05) is 12.1 Å². The van der Waals surface area contributed by atoms with Crippen molar-refractivity contribution in [3.05, 3.63) is 29.8 Å². The Kier molecular flexibility index (Phi) is 6.97. The lowest BCUT2D eigenvalue weighted by Gasteiger charge is -2.10. The third kappa shape index (κ3) is 6.49. The summed E-state index contributed by atoms with van der Waals surface area (Å²) in [6.07, 6.45) is 0.918. The van der Waals surface area contributed by atoms with Crippen molar-refractivity contribution in [3.8, 4) is 5.75 Å². The van der Waals surface area contributed by atoms with Gasteiger partial charge in [0.05, 0.1) is 0 Å². The van der Waals surface area contributed by atoms with Gasteiger partial charge in [-0.15, -0.1) is 0 Å². The SMILES string of the molecule is CN(C)CCCNC(=O)COc1ccc(C(N)=S)cc1. The van der Waals surface area contributed by atoms with Crippen LogP contribution < -0.4 is 15.8 Å². The highest BCUT2D eigenvalue weighted by atomic mass is 32.1. The molecular weight excluding hydrogens is 274 g/mol. The number of nitrogens with one attached hydrogen (secondary N) is 1. The first-order valence-electron chi connectivity index (χ1n) is 6.43. The molecule has 3 N–H and O–H groups in total. The van der Waals surface area contributed by atoms with Crippen LogP contribution in [0.5, 0.6) is 5.75 Å². The van der Waals surface area contributed by atoms with Crippen LogP contribution in [0, 0.1) is 0 Å². The Bertz CT molecular complexity index is 446. The summed E-state index contributed by atoms with van der Waals surface area (Å²) in [6.45, 7) is 1.61. The molecule has 0 unspecified atom stereocenters. The molecule has 0 aromatic heterocycles. The van der Waals surface area contributed by atoms with E-state index in [9.17, 15) is 4.79 Å². The van der Waals surface area contributed by atoms with Gasteiger partial charge in [0.2, 0.25) is 0 Å². The Morgan fingerprint density at radius 2 is 2.00 bits per heavy atom. The lowest BCUT2D eigenvalue weighted by atomic mass is 10.2. The number of ether oxygens (including phenoxy) is 1. The minimum Gasteiger partial charge on any atom is -0.484 e. The van der Waals surface area contributed by atoms with Gasteiger partial charge in [-0.1, -0.05) is 12.2 Å². The predicted octanol–water partition coefficient (Wildman–Crippen LogP) is 0.768. The van der Waals surface area contributed by atoms with Crippen LogP contribution in [-0.4, -0.2) is 49.6 Å². The predicted molar refractivity (Wildman–Crippen MR) is 84.0 cm³/mol. The second-order valence-corrected chi connectivity index (χ2v) is 5.12. The van der Waals surface area contributed by atoms with E-state index in [1.165, 1.54) is 0 Å². The van der Waals surface area contributed by atoms with E-state index in [4.69, 9.17) is 22.7 Å². The van der Waals surface area contributed by atoms with Crippen molar-refractivity contribution in [2.75, 3.05) is 33.8 Å². The Morgan fingerprint density at radius 3 is 2.55 bits per heavy atom. The summed E-state index contributed by atoms with van der Waals surface area (Å²) >= 11 is 4.86. The van der Waals surface area contributed by atoms with Crippen LogP contribution in [0.1, 0.15) is 12.0 Å². The molecule has 0 atom stereocenters.